The third-order valence-corrected chi connectivity index (χ3v) is 2.22. The Morgan fingerprint density at radius 3 is 2.33 bits per heavy atom. The number of hydrogen-bond donors (Lipinski definition) is 1. The van der Waals surface area contributed by atoms with E-state index in [1.807, 2.05) is 6.92 Å². The van der Waals surface area contributed by atoms with Gasteiger partial charge in [-0.25, -0.2) is 0 Å². The van der Waals surface area contributed by atoms with Crippen molar-refractivity contribution in [3.05, 3.63) is 34.9 Å². The van der Waals surface area contributed by atoms with Crippen LogP contribution < -0.4 is 0 Å². The van der Waals surface area contributed by atoms with E-state index in [4.69, 9.17) is 5.11 Å². The van der Waals surface area contributed by atoms with Crippen LogP contribution in [-0.4, -0.2) is 5.11 Å². The summed E-state index contributed by atoms with van der Waals surface area (Å²) in [5.41, 5.74) is 0.450. The maximum Gasteiger partial charge on any atom is 0.416 e. The zero-order valence-corrected chi connectivity index (χ0v) is 8.43. The first-order chi connectivity index (χ1) is 6.99. The van der Waals surface area contributed by atoms with Crippen molar-refractivity contribution in [3.8, 4) is 0 Å². The van der Waals surface area contributed by atoms with Crippen LogP contribution in [0.4, 0.5) is 13.2 Å². The number of aliphatic hydroxyl groups is 1. The van der Waals surface area contributed by atoms with Crippen molar-refractivity contribution >= 4 is 0 Å². The monoisotopic (exact) mass is 218 g/mol. The quantitative estimate of drug-likeness (QED) is 0.826. The van der Waals surface area contributed by atoms with Crippen LogP contribution in [0.1, 0.15) is 30.0 Å². The molecule has 1 rings (SSSR count). The van der Waals surface area contributed by atoms with Crippen LogP contribution in [0.5, 0.6) is 0 Å². The van der Waals surface area contributed by atoms with Gasteiger partial charge < -0.3 is 5.11 Å². The predicted octanol–water partition coefficient (Wildman–Crippen LogP) is 3.15. The van der Waals surface area contributed by atoms with Gasteiger partial charge in [-0.1, -0.05) is 19.4 Å². The summed E-state index contributed by atoms with van der Waals surface area (Å²) in [6.07, 6.45) is -2.80. The lowest BCUT2D eigenvalue weighted by molar-refractivity contribution is -0.137. The van der Waals surface area contributed by atoms with Gasteiger partial charge in [0.05, 0.1) is 12.2 Å². The van der Waals surface area contributed by atoms with Gasteiger partial charge in [0.1, 0.15) is 0 Å². The lowest BCUT2D eigenvalue weighted by Gasteiger charge is -2.11. The van der Waals surface area contributed by atoms with Gasteiger partial charge in [-0.2, -0.15) is 13.2 Å². The summed E-state index contributed by atoms with van der Waals surface area (Å²) in [6.45, 7) is 1.60. The van der Waals surface area contributed by atoms with E-state index in [0.29, 0.717) is 12.0 Å². The molecule has 0 unspecified atom stereocenters. The lowest BCUT2D eigenvalue weighted by atomic mass is 10.0. The molecule has 1 N–H and O–H groups in total. The highest BCUT2D eigenvalue weighted by Gasteiger charge is 2.30. The molecule has 0 aliphatic carbocycles. The molecule has 0 bridgehead atoms. The summed E-state index contributed by atoms with van der Waals surface area (Å²) in [5, 5.41) is 8.97. The molecule has 1 aromatic rings. The van der Waals surface area contributed by atoms with E-state index >= 15 is 0 Å². The molecule has 0 radical (unpaired) electrons. The molecule has 0 atom stereocenters. The van der Waals surface area contributed by atoms with E-state index < -0.39 is 11.7 Å². The van der Waals surface area contributed by atoms with Crippen LogP contribution in [0, 0.1) is 0 Å². The Kier molecular flexibility index (Phi) is 3.74. The molecule has 84 valence electrons. The van der Waals surface area contributed by atoms with Crippen molar-refractivity contribution in [2.75, 3.05) is 0 Å². The number of halogens is 3. The van der Waals surface area contributed by atoms with Crippen molar-refractivity contribution in [3.63, 3.8) is 0 Å². The molecule has 0 aliphatic rings. The third kappa shape index (κ3) is 2.96. The van der Waals surface area contributed by atoms with Crippen LogP contribution in [0.15, 0.2) is 18.2 Å². The molecule has 0 saturated carbocycles. The molecule has 0 aliphatic heterocycles. The van der Waals surface area contributed by atoms with Gasteiger partial charge >= 0.3 is 6.18 Å². The van der Waals surface area contributed by atoms with Crippen molar-refractivity contribution in [2.45, 2.75) is 32.5 Å². The highest BCUT2D eigenvalue weighted by Crippen LogP contribution is 2.30. The first-order valence-electron chi connectivity index (χ1n) is 4.79. The van der Waals surface area contributed by atoms with E-state index in [-0.39, 0.29) is 6.61 Å². The predicted molar refractivity (Wildman–Crippen MR) is 51.4 cm³/mol. The zero-order valence-electron chi connectivity index (χ0n) is 8.43. The Labute approximate surface area is 86.5 Å². The lowest BCUT2D eigenvalue weighted by Crippen LogP contribution is -2.07. The minimum absolute atomic E-state index is 0.348. The number of hydrogen-bond acceptors (Lipinski definition) is 1. The molecule has 4 heteroatoms. The van der Waals surface area contributed by atoms with Gasteiger partial charge in [0, 0.05) is 0 Å². The Morgan fingerprint density at radius 1 is 1.20 bits per heavy atom. The number of benzene rings is 1. The van der Waals surface area contributed by atoms with Crippen molar-refractivity contribution in [1.29, 1.82) is 0 Å². The topological polar surface area (TPSA) is 20.2 Å². The zero-order chi connectivity index (χ0) is 11.5. The van der Waals surface area contributed by atoms with Gasteiger partial charge in [-0.15, -0.1) is 0 Å². The van der Waals surface area contributed by atoms with E-state index in [1.54, 1.807) is 0 Å². The van der Waals surface area contributed by atoms with Crippen molar-refractivity contribution < 1.29 is 18.3 Å². The van der Waals surface area contributed by atoms with Crippen LogP contribution >= 0.6 is 0 Å². The molecule has 0 spiro atoms. The Morgan fingerprint density at radius 2 is 1.87 bits per heavy atom. The molecule has 1 aromatic carbocycles. The fourth-order valence-corrected chi connectivity index (χ4v) is 1.46. The highest BCUT2D eigenvalue weighted by molar-refractivity contribution is 5.33. The first-order valence-corrected chi connectivity index (χ1v) is 4.79. The van der Waals surface area contributed by atoms with Gasteiger partial charge in [0.15, 0.2) is 0 Å². The second kappa shape index (κ2) is 4.66. The standard InChI is InChI=1S/C11H13F3O/c1-2-3-8-4-5-10(11(12,13)14)6-9(8)7-15/h4-6,15H,2-3,7H2,1H3. The van der Waals surface area contributed by atoms with Crippen molar-refractivity contribution in [2.24, 2.45) is 0 Å². The molecule has 15 heavy (non-hydrogen) atoms. The molecule has 0 fully saturated rings. The summed E-state index contributed by atoms with van der Waals surface area (Å²) in [4.78, 5) is 0. The summed E-state index contributed by atoms with van der Waals surface area (Å²) in [7, 11) is 0. The average Bonchev–Trinajstić information content (AvgIpc) is 2.17. The van der Waals surface area contributed by atoms with E-state index in [1.165, 1.54) is 6.07 Å². The minimum atomic E-state index is -4.34. The second-order valence-electron chi connectivity index (χ2n) is 3.39. The van der Waals surface area contributed by atoms with Crippen LogP contribution in [-0.2, 0) is 19.2 Å². The second-order valence-corrected chi connectivity index (χ2v) is 3.39. The molecule has 0 saturated heterocycles. The van der Waals surface area contributed by atoms with Crippen LogP contribution in [0.3, 0.4) is 0 Å². The molecule has 1 nitrogen and oxygen atoms in total. The number of alkyl halides is 3. The smallest absolute Gasteiger partial charge is 0.392 e. The molecule has 0 aromatic heterocycles. The molecule has 0 heterocycles. The van der Waals surface area contributed by atoms with E-state index in [9.17, 15) is 13.2 Å². The highest BCUT2D eigenvalue weighted by atomic mass is 19.4. The Balaban J connectivity index is 3.08. The van der Waals surface area contributed by atoms with E-state index in [0.717, 1.165) is 24.1 Å². The molecular formula is C11H13F3O. The van der Waals surface area contributed by atoms with Crippen LogP contribution in [0.2, 0.25) is 0 Å². The number of aryl methyl sites for hydroxylation is 1. The summed E-state index contributed by atoms with van der Waals surface area (Å²) < 4.78 is 37.0. The first kappa shape index (κ1) is 12.0. The average molecular weight is 218 g/mol. The summed E-state index contributed by atoms with van der Waals surface area (Å²) in [5.74, 6) is 0. The fraction of sp³-hybridized carbons (Fsp3) is 0.455. The Bertz CT molecular complexity index is 331. The Hall–Kier alpha value is -1.03. The normalized spacial score (nSPS) is 11.8. The SMILES string of the molecule is CCCc1ccc(C(F)(F)F)cc1CO. The van der Waals surface area contributed by atoms with Crippen molar-refractivity contribution in [1.82, 2.24) is 0 Å². The van der Waals surface area contributed by atoms with E-state index in [2.05, 4.69) is 0 Å². The summed E-state index contributed by atoms with van der Waals surface area (Å²) in [6, 6.07) is 3.52. The fourth-order valence-electron chi connectivity index (χ4n) is 1.46. The number of aliphatic hydroxyl groups excluding tert-OH is 1. The molecular weight excluding hydrogens is 205 g/mol. The van der Waals surface area contributed by atoms with Gasteiger partial charge in [0.2, 0.25) is 0 Å². The number of rotatable bonds is 3. The maximum absolute atomic E-state index is 12.3. The third-order valence-electron chi connectivity index (χ3n) is 2.22. The largest absolute Gasteiger partial charge is 0.416 e. The maximum atomic E-state index is 12.3. The summed E-state index contributed by atoms with van der Waals surface area (Å²) >= 11 is 0. The van der Waals surface area contributed by atoms with Gasteiger partial charge in [-0.05, 0) is 29.7 Å². The minimum Gasteiger partial charge on any atom is -0.392 e. The molecule has 0 amide bonds. The van der Waals surface area contributed by atoms with Gasteiger partial charge in [-0.3, -0.25) is 0 Å². The van der Waals surface area contributed by atoms with Crippen LogP contribution in [0.25, 0.3) is 0 Å². The van der Waals surface area contributed by atoms with Gasteiger partial charge in [0.25, 0.3) is 0 Å².